The van der Waals surface area contributed by atoms with E-state index in [1.54, 1.807) is 6.92 Å². The third-order valence-electron chi connectivity index (χ3n) is 2.68. The number of nitrogens with one attached hydrogen (secondary N) is 1. The molecule has 0 fully saturated rings. The molecule has 1 rings (SSSR count). The monoisotopic (exact) mass is 219 g/mol. The maximum absolute atomic E-state index is 11.2. The van der Waals surface area contributed by atoms with Gasteiger partial charge in [0.15, 0.2) is 0 Å². The summed E-state index contributed by atoms with van der Waals surface area (Å²) in [6.45, 7) is 10.1. The normalized spacial score (nSPS) is 10.9. The summed E-state index contributed by atoms with van der Waals surface area (Å²) < 4.78 is 0. The van der Waals surface area contributed by atoms with Gasteiger partial charge in [0.05, 0.1) is 0 Å². The molecule has 1 aromatic rings. The lowest BCUT2D eigenvalue weighted by molar-refractivity contribution is -0.114. The second kappa shape index (κ2) is 5.15. The number of carbonyl (C=O) groups excluding carboxylic acids is 1. The van der Waals surface area contributed by atoms with E-state index in [1.807, 2.05) is 0 Å². The molecule has 0 heterocycles. The van der Waals surface area contributed by atoms with Crippen LogP contribution >= 0.6 is 0 Å². The molecule has 0 atom stereocenters. The van der Waals surface area contributed by atoms with Gasteiger partial charge < -0.3 is 5.32 Å². The highest BCUT2D eigenvalue weighted by molar-refractivity contribution is 5.89. The fraction of sp³-hybridized carbons (Fsp3) is 0.500. The summed E-state index contributed by atoms with van der Waals surface area (Å²) >= 11 is 0. The number of benzene rings is 1. The summed E-state index contributed by atoms with van der Waals surface area (Å²) in [5.41, 5.74) is 3.40. The first kappa shape index (κ1) is 12.8. The van der Waals surface area contributed by atoms with Gasteiger partial charge in [-0.25, -0.2) is 0 Å². The molecule has 0 aliphatic carbocycles. The molecule has 0 spiro atoms. The lowest BCUT2D eigenvalue weighted by Crippen LogP contribution is -2.09. The van der Waals surface area contributed by atoms with Crippen LogP contribution in [0.3, 0.4) is 0 Å². The van der Waals surface area contributed by atoms with E-state index in [0.29, 0.717) is 11.8 Å². The van der Waals surface area contributed by atoms with E-state index < -0.39 is 0 Å². The van der Waals surface area contributed by atoms with Crippen molar-refractivity contribution >= 4 is 11.6 Å². The van der Waals surface area contributed by atoms with Crippen molar-refractivity contribution < 1.29 is 4.79 Å². The van der Waals surface area contributed by atoms with Crippen LogP contribution in [-0.4, -0.2) is 5.91 Å². The molecular weight excluding hydrogens is 198 g/mol. The fourth-order valence-corrected chi connectivity index (χ4v) is 1.73. The van der Waals surface area contributed by atoms with Crippen molar-refractivity contribution in [2.75, 3.05) is 5.32 Å². The number of amides is 1. The molecule has 0 unspecified atom stereocenters. The summed E-state index contributed by atoms with van der Waals surface area (Å²) in [6, 6.07) is 6.35. The van der Waals surface area contributed by atoms with Crippen LogP contribution in [0, 0.1) is 0 Å². The minimum atomic E-state index is -0.0113. The van der Waals surface area contributed by atoms with Gasteiger partial charge in [-0.05, 0) is 29.0 Å². The van der Waals surface area contributed by atoms with Crippen molar-refractivity contribution in [1.82, 2.24) is 0 Å². The molecule has 0 aliphatic heterocycles. The van der Waals surface area contributed by atoms with Crippen LogP contribution in [0.4, 0.5) is 5.69 Å². The molecule has 0 aliphatic rings. The Hall–Kier alpha value is -1.31. The second-order valence-electron chi connectivity index (χ2n) is 4.84. The molecule has 2 nitrogen and oxygen atoms in total. The Morgan fingerprint density at radius 1 is 1.12 bits per heavy atom. The maximum Gasteiger partial charge on any atom is 0.221 e. The van der Waals surface area contributed by atoms with E-state index in [9.17, 15) is 4.79 Å². The lowest BCUT2D eigenvalue weighted by atomic mass is 9.95. The number of hydrogen-bond acceptors (Lipinski definition) is 1. The third kappa shape index (κ3) is 3.09. The van der Waals surface area contributed by atoms with Gasteiger partial charge in [0.1, 0.15) is 0 Å². The van der Waals surface area contributed by atoms with Crippen molar-refractivity contribution in [3.8, 4) is 0 Å². The number of rotatable bonds is 3. The van der Waals surface area contributed by atoms with E-state index in [4.69, 9.17) is 0 Å². The SMILES string of the molecule is CC(=O)Nc1cc(C(C)C)ccc1C(C)C. The smallest absolute Gasteiger partial charge is 0.221 e. The molecule has 16 heavy (non-hydrogen) atoms. The van der Waals surface area contributed by atoms with E-state index in [1.165, 1.54) is 11.1 Å². The Labute approximate surface area is 98.1 Å². The largest absolute Gasteiger partial charge is 0.326 e. The summed E-state index contributed by atoms with van der Waals surface area (Å²) in [7, 11) is 0. The molecule has 1 aromatic carbocycles. The van der Waals surface area contributed by atoms with E-state index >= 15 is 0 Å². The molecule has 0 aromatic heterocycles. The highest BCUT2D eigenvalue weighted by Gasteiger charge is 2.10. The molecule has 0 bridgehead atoms. The van der Waals surface area contributed by atoms with Crippen LogP contribution in [0.25, 0.3) is 0 Å². The van der Waals surface area contributed by atoms with Crippen LogP contribution in [0.2, 0.25) is 0 Å². The molecule has 1 amide bonds. The first-order valence-corrected chi connectivity index (χ1v) is 5.83. The highest BCUT2D eigenvalue weighted by atomic mass is 16.1. The van der Waals surface area contributed by atoms with Gasteiger partial charge in [-0.15, -0.1) is 0 Å². The van der Waals surface area contributed by atoms with Crippen LogP contribution in [0.15, 0.2) is 18.2 Å². The standard InChI is InChI=1S/C14H21NO/c1-9(2)12-6-7-13(10(3)4)14(8-12)15-11(5)16/h6-10H,1-5H3,(H,15,16). The summed E-state index contributed by atoms with van der Waals surface area (Å²) in [5, 5.41) is 2.91. The summed E-state index contributed by atoms with van der Waals surface area (Å²) in [5.74, 6) is 0.889. The average molecular weight is 219 g/mol. The van der Waals surface area contributed by atoms with Crippen LogP contribution in [0.5, 0.6) is 0 Å². The Morgan fingerprint density at radius 2 is 1.75 bits per heavy atom. The molecular formula is C14H21NO. The molecule has 1 N–H and O–H groups in total. The van der Waals surface area contributed by atoms with Gasteiger partial charge in [-0.3, -0.25) is 4.79 Å². The molecule has 0 saturated carbocycles. The van der Waals surface area contributed by atoms with Crippen molar-refractivity contribution in [2.24, 2.45) is 0 Å². The highest BCUT2D eigenvalue weighted by Crippen LogP contribution is 2.28. The second-order valence-corrected chi connectivity index (χ2v) is 4.84. The van der Waals surface area contributed by atoms with Gasteiger partial charge >= 0.3 is 0 Å². The summed E-state index contributed by atoms with van der Waals surface area (Å²) in [6.07, 6.45) is 0. The number of hydrogen-bond donors (Lipinski definition) is 1. The Morgan fingerprint density at radius 3 is 2.19 bits per heavy atom. The van der Waals surface area contributed by atoms with Gasteiger partial charge in [0, 0.05) is 12.6 Å². The van der Waals surface area contributed by atoms with Crippen molar-refractivity contribution in [3.05, 3.63) is 29.3 Å². The zero-order valence-corrected chi connectivity index (χ0v) is 10.8. The third-order valence-corrected chi connectivity index (χ3v) is 2.68. The quantitative estimate of drug-likeness (QED) is 0.821. The van der Waals surface area contributed by atoms with E-state index in [0.717, 1.165) is 5.69 Å². The average Bonchev–Trinajstić information content (AvgIpc) is 2.15. The maximum atomic E-state index is 11.2. The van der Waals surface area contributed by atoms with Gasteiger partial charge in [-0.2, -0.15) is 0 Å². The van der Waals surface area contributed by atoms with Crippen molar-refractivity contribution in [2.45, 2.75) is 46.5 Å². The Kier molecular flexibility index (Phi) is 4.11. The van der Waals surface area contributed by atoms with Gasteiger partial charge in [0.25, 0.3) is 0 Å². The fourth-order valence-electron chi connectivity index (χ4n) is 1.73. The topological polar surface area (TPSA) is 29.1 Å². The van der Waals surface area contributed by atoms with E-state index in [-0.39, 0.29) is 5.91 Å². The van der Waals surface area contributed by atoms with Gasteiger partial charge in [0.2, 0.25) is 5.91 Å². The predicted molar refractivity (Wildman–Crippen MR) is 68.9 cm³/mol. The zero-order chi connectivity index (χ0) is 12.3. The zero-order valence-electron chi connectivity index (χ0n) is 10.8. The molecule has 2 heteroatoms. The first-order chi connectivity index (χ1) is 7.41. The summed E-state index contributed by atoms with van der Waals surface area (Å²) in [4.78, 5) is 11.2. The molecule has 0 saturated heterocycles. The molecule has 0 radical (unpaired) electrons. The number of anilines is 1. The van der Waals surface area contributed by atoms with Crippen LogP contribution in [-0.2, 0) is 4.79 Å². The predicted octanol–water partition coefficient (Wildman–Crippen LogP) is 3.89. The van der Waals surface area contributed by atoms with Crippen molar-refractivity contribution in [1.29, 1.82) is 0 Å². The van der Waals surface area contributed by atoms with Crippen molar-refractivity contribution in [3.63, 3.8) is 0 Å². The lowest BCUT2D eigenvalue weighted by Gasteiger charge is -2.16. The Bertz CT molecular complexity index is 380. The van der Waals surface area contributed by atoms with Gasteiger partial charge in [-0.1, -0.05) is 39.8 Å². The first-order valence-electron chi connectivity index (χ1n) is 5.83. The minimum Gasteiger partial charge on any atom is -0.326 e. The number of carbonyl (C=O) groups is 1. The minimum absolute atomic E-state index is 0.0113. The van der Waals surface area contributed by atoms with Crippen LogP contribution < -0.4 is 5.32 Å². The van der Waals surface area contributed by atoms with Crippen LogP contribution in [0.1, 0.15) is 57.6 Å². The van der Waals surface area contributed by atoms with E-state index in [2.05, 4.69) is 51.2 Å². The Balaban J connectivity index is 3.15. The molecule has 88 valence electrons.